The van der Waals surface area contributed by atoms with Crippen LogP contribution >= 0.6 is 0 Å². The molecule has 0 N–H and O–H groups in total. The van der Waals surface area contributed by atoms with E-state index in [9.17, 15) is 10.1 Å². The lowest BCUT2D eigenvalue weighted by molar-refractivity contribution is -0.122. The van der Waals surface area contributed by atoms with E-state index >= 15 is 0 Å². The fraction of sp³-hybridized carbons (Fsp3) is 0.467. The molecule has 0 fully saturated rings. The molecular weight excluding hydrogens is 258 g/mol. The predicted octanol–water partition coefficient (Wildman–Crippen LogP) is 2.31. The highest BCUT2D eigenvalue weighted by Crippen LogP contribution is 2.28. The summed E-state index contributed by atoms with van der Waals surface area (Å²) in [6, 6.07) is 7.12. The van der Waals surface area contributed by atoms with E-state index in [1.807, 2.05) is 19.9 Å². The van der Waals surface area contributed by atoms with Crippen molar-refractivity contribution in [1.29, 1.82) is 5.26 Å². The summed E-state index contributed by atoms with van der Waals surface area (Å²) < 4.78 is 15.7. The molecule has 108 valence electrons. The molecule has 0 radical (unpaired) electrons. The average Bonchev–Trinajstić information content (AvgIpc) is 2.40. The van der Waals surface area contributed by atoms with E-state index in [4.69, 9.17) is 14.2 Å². The number of ketones is 1. The zero-order valence-corrected chi connectivity index (χ0v) is 12.0. The molecule has 0 aliphatic rings. The van der Waals surface area contributed by atoms with Gasteiger partial charge in [0.05, 0.1) is 19.3 Å². The van der Waals surface area contributed by atoms with Crippen molar-refractivity contribution in [2.24, 2.45) is 0 Å². The minimum absolute atomic E-state index is 0.0962. The van der Waals surface area contributed by atoms with Crippen LogP contribution in [0.15, 0.2) is 18.2 Å². The highest BCUT2D eigenvalue weighted by molar-refractivity contribution is 5.89. The Morgan fingerprint density at radius 2 is 1.75 bits per heavy atom. The van der Waals surface area contributed by atoms with Crippen LogP contribution < -0.4 is 9.47 Å². The van der Waals surface area contributed by atoms with E-state index in [-0.39, 0.29) is 12.4 Å². The number of benzene rings is 1. The fourth-order valence-electron chi connectivity index (χ4n) is 1.82. The second-order valence-electron chi connectivity index (χ2n) is 4.07. The Bertz CT molecular complexity index is 469. The van der Waals surface area contributed by atoms with Crippen LogP contribution in [0.25, 0.3) is 0 Å². The Kier molecular flexibility index (Phi) is 6.54. The molecule has 1 rings (SSSR count). The van der Waals surface area contributed by atoms with E-state index in [0.29, 0.717) is 30.3 Å². The van der Waals surface area contributed by atoms with Gasteiger partial charge in [0.2, 0.25) is 0 Å². The monoisotopic (exact) mass is 277 g/mol. The minimum Gasteiger partial charge on any atom is -0.494 e. The Labute approximate surface area is 119 Å². The second-order valence-corrected chi connectivity index (χ2v) is 4.07. The highest BCUT2D eigenvalue weighted by atomic mass is 16.5. The maximum Gasteiger partial charge on any atom is 0.179 e. The molecule has 0 aromatic heterocycles. The summed E-state index contributed by atoms with van der Waals surface area (Å²) in [7, 11) is 1.43. The topological polar surface area (TPSA) is 68.5 Å². The molecule has 0 aliphatic heterocycles. The third-order valence-corrected chi connectivity index (χ3v) is 2.60. The maximum atomic E-state index is 11.9. The molecule has 0 spiro atoms. The van der Waals surface area contributed by atoms with E-state index in [1.54, 1.807) is 18.2 Å². The van der Waals surface area contributed by atoms with Crippen LogP contribution in [0, 0.1) is 11.3 Å². The second kappa shape index (κ2) is 8.18. The molecular formula is C15H19NO4. The van der Waals surface area contributed by atoms with Crippen molar-refractivity contribution in [2.75, 3.05) is 26.9 Å². The molecule has 20 heavy (non-hydrogen) atoms. The summed E-state index contributed by atoms with van der Waals surface area (Å²) in [4.78, 5) is 11.9. The van der Waals surface area contributed by atoms with Crippen molar-refractivity contribution in [3.05, 3.63) is 23.8 Å². The van der Waals surface area contributed by atoms with Crippen LogP contribution in [-0.2, 0) is 9.53 Å². The van der Waals surface area contributed by atoms with E-state index in [2.05, 4.69) is 0 Å². The number of carbonyl (C=O) groups is 1. The number of ether oxygens (including phenoxy) is 3. The molecule has 5 nitrogen and oxygen atoms in total. The first-order valence-electron chi connectivity index (χ1n) is 6.48. The van der Waals surface area contributed by atoms with Crippen molar-refractivity contribution in [1.82, 2.24) is 0 Å². The lowest BCUT2D eigenvalue weighted by Gasteiger charge is -2.13. The summed E-state index contributed by atoms with van der Waals surface area (Å²) in [6.45, 7) is 4.63. The summed E-state index contributed by atoms with van der Waals surface area (Å²) in [5, 5.41) is 9.21. The van der Waals surface area contributed by atoms with Crippen LogP contribution in [0.2, 0.25) is 0 Å². The van der Waals surface area contributed by atoms with Gasteiger partial charge >= 0.3 is 0 Å². The van der Waals surface area contributed by atoms with Gasteiger partial charge < -0.3 is 14.2 Å². The quantitative estimate of drug-likeness (QED) is 0.729. The molecule has 1 atom stereocenters. The van der Waals surface area contributed by atoms with E-state index < -0.39 is 5.92 Å². The van der Waals surface area contributed by atoms with Gasteiger partial charge in [-0.2, -0.15) is 5.26 Å². The smallest absolute Gasteiger partial charge is 0.179 e. The van der Waals surface area contributed by atoms with E-state index in [1.165, 1.54) is 7.11 Å². The van der Waals surface area contributed by atoms with Crippen LogP contribution in [-0.4, -0.2) is 32.7 Å². The number of Topliss-reactive ketones (excluding diaryl/α,β-unsaturated/α-hetero) is 1. The largest absolute Gasteiger partial charge is 0.494 e. The van der Waals surface area contributed by atoms with Crippen LogP contribution in [0.3, 0.4) is 0 Å². The minimum atomic E-state index is -0.880. The molecule has 0 heterocycles. The molecule has 0 saturated heterocycles. The van der Waals surface area contributed by atoms with Crippen LogP contribution in [0.5, 0.6) is 11.5 Å². The zero-order chi connectivity index (χ0) is 15.0. The van der Waals surface area contributed by atoms with Crippen molar-refractivity contribution in [3.8, 4) is 17.6 Å². The van der Waals surface area contributed by atoms with Crippen molar-refractivity contribution in [2.45, 2.75) is 19.8 Å². The third-order valence-electron chi connectivity index (χ3n) is 2.60. The van der Waals surface area contributed by atoms with Gasteiger partial charge in [0.1, 0.15) is 24.0 Å². The van der Waals surface area contributed by atoms with Gasteiger partial charge in [-0.25, -0.2) is 0 Å². The number of carbonyl (C=O) groups excluding carboxylic acids is 1. The molecule has 0 aliphatic carbocycles. The molecule has 0 saturated carbocycles. The standard InChI is InChI=1S/C15H19NO4/c1-4-19-12-6-11(7-13(8-12)20-5-2)14(9-16)15(17)10-18-3/h6-8,14H,4-5,10H2,1-3H3. The SMILES string of the molecule is CCOc1cc(OCC)cc(C(C#N)C(=O)COC)c1. The summed E-state index contributed by atoms with van der Waals surface area (Å²) >= 11 is 0. The number of nitriles is 1. The predicted molar refractivity (Wildman–Crippen MR) is 74.0 cm³/mol. The maximum absolute atomic E-state index is 11.9. The zero-order valence-electron chi connectivity index (χ0n) is 12.0. The Balaban J connectivity index is 3.13. The van der Waals surface area contributed by atoms with Crippen molar-refractivity contribution in [3.63, 3.8) is 0 Å². The Morgan fingerprint density at radius 3 is 2.15 bits per heavy atom. The Hall–Kier alpha value is -2.06. The van der Waals surface area contributed by atoms with Crippen LogP contribution in [0.4, 0.5) is 0 Å². The molecule has 5 heteroatoms. The summed E-state index contributed by atoms with van der Waals surface area (Å²) in [6.07, 6.45) is 0. The van der Waals surface area contributed by atoms with Gasteiger partial charge in [0.15, 0.2) is 5.78 Å². The number of rotatable bonds is 8. The van der Waals surface area contributed by atoms with Gasteiger partial charge in [0, 0.05) is 13.2 Å². The number of methoxy groups -OCH3 is 1. The lowest BCUT2D eigenvalue weighted by Crippen LogP contribution is -2.16. The van der Waals surface area contributed by atoms with Gasteiger partial charge in [-0.3, -0.25) is 4.79 Å². The number of hydrogen-bond acceptors (Lipinski definition) is 5. The third kappa shape index (κ3) is 4.25. The average molecular weight is 277 g/mol. The van der Waals surface area contributed by atoms with Crippen molar-refractivity contribution < 1.29 is 19.0 Å². The molecule has 1 aromatic carbocycles. The first-order chi connectivity index (χ1) is 9.65. The van der Waals surface area contributed by atoms with E-state index in [0.717, 1.165) is 0 Å². The number of hydrogen-bond donors (Lipinski definition) is 0. The summed E-state index contributed by atoms with van der Waals surface area (Å²) in [5.41, 5.74) is 0.559. The van der Waals surface area contributed by atoms with Gasteiger partial charge in [-0.05, 0) is 31.5 Å². The normalized spacial score (nSPS) is 11.5. The van der Waals surface area contributed by atoms with Crippen molar-refractivity contribution >= 4 is 5.78 Å². The molecule has 1 unspecified atom stereocenters. The highest BCUT2D eigenvalue weighted by Gasteiger charge is 2.21. The van der Waals surface area contributed by atoms with Gasteiger partial charge in [0.25, 0.3) is 0 Å². The molecule has 0 bridgehead atoms. The fourth-order valence-corrected chi connectivity index (χ4v) is 1.82. The van der Waals surface area contributed by atoms with Crippen LogP contribution in [0.1, 0.15) is 25.3 Å². The lowest BCUT2D eigenvalue weighted by atomic mass is 9.96. The number of nitrogens with zero attached hydrogens (tertiary/aromatic N) is 1. The van der Waals surface area contributed by atoms with Gasteiger partial charge in [-0.1, -0.05) is 0 Å². The first-order valence-corrected chi connectivity index (χ1v) is 6.48. The first kappa shape index (κ1) is 16.0. The molecule has 1 aromatic rings. The summed E-state index contributed by atoms with van der Waals surface area (Å²) in [5.74, 6) is -0.00140. The molecule has 0 amide bonds. The Morgan fingerprint density at radius 1 is 1.20 bits per heavy atom. The van der Waals surface area contributed by atoms with Gasteiger partial charge in [-0.15, -0.1) is 0 Å².